The molecule has 0 bridgehead atoms. The Hall–Kier alpha value is -6.01. The summed E-state index contributed by atoms with van der Waals surface area (Å²) in [5.41, 5.74) is 2.77. The molecule has 2 amide bonds. The van der Waals surface area contributed by atoms with Gasteiger partial charge in [-0.05, 0) is 47.5 Å². The third kappa shape index (κ3) is 9.69. The topological polar surface area (TPSA) is 167 Å². The lowest BCUT2D eigenvalue weighted by Crippen LogP contribution is -2.70. The minimum Gasteiger partial charge on any atom is -0.497 e. The molecule has 0 saturated carbocycles. The van der Waals surface area contributed by atoms with Crippen LogP contribution in [0.1, 0.15) is 50.6 Å². The number of ether oxygens (including phenoxy) is 10. The fraction of sp³-hybridized carbons (Fsp3) is 0.340. The van der Waals surface area contributed by atoms with Gasteiger partial charge in [0.2, 0.25) is 6.29 Å². The highest BCUT2D eigenvalue weighted by Crippen LogP contribution is 2.40. The molecule has 65 heavy (non-hydrogen) atoms. The minimum absolute atomic E-state index is 0.00728. The summed E-state index contributed by atoms with van der Waals surface area (Å²) in [6, 6.07) is 40.1. The van der Waals surface area contributed by atoms with Crippen LogP contribution in [0.4, 0.5) is 0 Å². The molecule has 5 aromatic rings. The van der Waals surface area contributed by atoms with Crippen molar-refractivity contribution >= 4 is 17.8 Å². The maximum atomic E-state index is 14.5. The van der Waals surface area contributed by atoms with E-state index in [0.29, 0.717) is 11.5 Å². The van der Waals surface area contributed by atoms with Crippen LogP contribution in [-0.2, 0) is 55.9 Å². The highest BCUT2D eigenvalue weighted by atomic mass is 16.8. The molecule has 0 spiro atoms. The van der Waals surface area contributed by atoms with Gasteiger partial charge in [-0.15, -0.1) is 0 Å². The Labute approximate surface area is 375 Å². The van der Waals surface area contributed by atoms with Gasteiger partial charge in [-0.2, -0.15) is 0 Å². The van der Waals surface area contributed by atoms with E-state index >= 15 is 0 Å². The van der Waals surface area contributed by atoms with E-state index in [-0.39, 0.29) is 37.6 Å². The number of aliphatic hydroxyl groups excluding tert-OH is 1. The third-order valence-corrected chi connectivity index (χ3v) is 11.7. The van der Waals surface area contributed by atoms with E-state index in [1.807, 2.05) is 91.0 Å². The molecule has 9 rings (SSSR count). The van der Waals surface area contributed by atoms with E-state index in [0.717, 1.165) is 21.6 Å². The van der Waals surface area contributed by atoms with Crippen LogP contribution in [0.2, 0.25) is 0 Å². The van der Waals surface area contributed by atoms with Crippen LogP contribution in [-0.4, -0.2) is 109 Å². The Morgan fingerprint density at radius 1 is 0.692 bits per heavy atom. The van der Waals surface area contributed by atoms with Crippen LogP contribution in [0.3, 0.4) is 0 Å². The Balaban J connectivity index is 1.11. The summed E-state index contributed by atoms with van der Waals surface area (Å²) in [6.07, 6.45) is -12.0. The number of rotatable bonds is 15. The van der Waals surface area contributed by atoms with Crippen molar-refractivity contribution in [3.05, 3.63) is 167 Å². The van der Waals surface area contributed by atoms with E-state index in [4.69, 9.17) is 47.4 Å². The summed E-state index contributed by atoms with van der Waals surface area (Å²) in [6.45, 7) is 1.26. The van der Waals surface area contributed by atoms with Crippen LogP contribution in [0, 0.1) is 0 Å². The number of amides is 2. The zero-order valence-corrected chi connectivity index (χ0v) is 35.7. The Bertz CT molecular complexity index is 2350. The molecule has 11 atom stereocenters. The molecular formula is C50H49NO14. The monoisotopic (exact) mass is 887 g/mol. The largest absolute Gasteiger partial charge is 0.497 e. The van der Waals surface area contributed by atoms with Crippen molar-refractivity contribution in [2.75, 3.05) is 20.3 Å². The molecule has 15 nitrogen and oxygen atoms in total. The number of nitrogens with zero attached hydrogens (tertiary/aromatic N) is 1. The van der Waals surface area contributed by atoms with Crippen molar-refractivity contribution in [1.82, 2.24) is 4.90 Å². The standard InChI is InChI=1S/C50H49NO14/c1-30(52)60-45-41(53)42-39(29-59-48(64-42)33-18-10-5-11-19-33)63-50(45)65-43-38(28-57-26-31-14-6-3-7-15-31)62-49(61-35-24-22-34(56-2)23-25-35)40(44(43)58-27-32-16-8-4-9-17-32)51-46(54)36-20-12-13-21-37(36)47(51)55/h3-25,38-45,48-50,53H,26-29H2,1-2H3/t38-,39-,40-,41+,42-,43-,44-,45+,48?,49-,50+/m1/s1. The van der Waals surface area contributed by atoms with Crippen LogP contribution in [0.15, 0.2) is 140 Å². The Morgan fingerprint density at radius 2 is 1.29 bits per heavy atom. The Morgan fingerprint density at radius 3 is 1.92 bits per heavy atom. The maximum absolute atomic E-state index is 14.5. The number of methoxy groups -OCH3 is 1. The predicted octanol–water partition coefficient (Wildman–Crippen LogP) is 5.78. The molecule has 5 aromatic carbocycles. The molecule has 0 aromatic heterocycles. The average Bonchev–Trinajstić information content (AvgIpc) is 3.59. The summed E-state index contributed by atoms with van der Waals surface area (Å²) < 4.78 is 63.7. The molecule has 1 unspecified atom stereocenters. The summed E-state index contributed by atoms with van der Waals surface area (Å²) in [5, 5.41) is 12.0. The Kier molecular flexibility index (Phi) is 13.6. The minimum atomic E-state index is -1.48. The number of imide groups is 1. The first-order chi connectivity index (χ1) is 31.7. The lowest BCUT2D eigenvalue weighted by molar-refractivity contribution is -0.382. The highest BCUT2D eigenvalue weighted by molar-refractivity contribution is 6.21. The number of carbonyl (C=O) groups is 3. The van der Waals surface area contributed by atoms with Gasteiger partial charge >= 0.3 is 5.97 Å². The lowest BCUT2D eigenvalue weighted by atomic mass is 9.93. The van der Waals surface area contributed by atoms with E-state index in [1.54, 1.807) is 55.6 Å². The van der Waals surface area contributed by atoms with Gasteiger partial charge < -0.3 is 52.5 Å². The number of hydrogen-bond acceptors (Lipinski definition) is 14. The summed E-state index contributed by atoms with van der Waals surface area (Å²) in [4.78, 5) is 42.9. The van der Waals surface area contributed by atoms with E-state index in [1.165, 1.54) is 6.92 Å². The van der Waals surface area contributed by atoms with Crippen molar-refractivity contribution in [3.8, 4) is 11.5 Å². The van der Waals surface area contributed by atoms with Gasteiger partial charge in [-0.1, -0.05) is 103 Å². The molecule has 0 radical (unpaired) electrons. The average molecular weight is 888 g/mol. The second-order valence-electron chi connectivity index (χ2n) is 16.0. The number of hydrogen-bond donors (Lipinski definition) is 1. The van der Waals surface area contributed by atoms with Crippen LogP contribution < -0.4 is 9.47 Å². The molecular weight excluding hydrogens is 839 g/mol. The second kappa shape index (κ2) is 20.0. The van der Waals surface area contributed by atoms with E-state index in [9.17, 15) is 19.5 Å². The highest BCUT2D eigenvalue weighted by Gasteiger charge is 2.59. The first-order valence-electron chi connectivity index (χ1n) is 21.4. The normalized spacial score (nSPS) is 28.5. The fourth-order valence-corrected chi connectivity index (χ4v) is 8.58. The number of benzene rings is 5. The number of aliphatic hydroxyl groups is 1. The van der Waals surface area contributed by atoms with Gasteiger partial charge in [0.05, 0.1) is 44.7 Å². The molecule has 1 N–H and O–H groups in total. The van der Waals surface area contributed by atoms with Crippen LogP contribution in [0.5, 0.6) is 11.5 Å². The quantitative estimate of drug-likeness (QED) is 0.0993. The third-order valence-electron chi connectivity index (χ3n) is 11.7. The summed E-state index contributed by atoms with van der Waals surface area (Å²) in [5.74, 6) is -0.987. The first-order valence-corrected chi connectivity index (χ1v) is 21.4. The van der Waals surface area contributed by atoms with Crippen molar-refractivity contribution < 1.29 is 66.9 Å². The predicted molar refractivity (Wildman–Crippen MR) is 229 cm³/mol. The van der Waals surface area contributed by atoms with Gasteiger partial charge in [0, 0.05) is 12.5 Å². The zero-order valence-electron chi connectivity index (χ0n) is 35.7. The number of carbonyl (C=O) groups excluding carboxylic acids is 3. The van der Waals surface area contributed by atoms with Gasteiger partial charge in [0.25, 0.3) is 11.8 Å². The van der Waals surface area contributed by atoms with Crippen molar-refractivity contribution in [2.24, 2.45) is 0 Å². The summed E-state index contributed by atoms with van der Waals surface area (Å²) >= 11 is 0. The van der Waals surface area contributed by atoms with E-state index in [2.05, 4.69) is 0 Å². The molecule has 3 saturated heterocycles. The van der Waals surface area contributed by atoms with Crippen molar-refractivity contribution in [2.45, 2.75) is 87.8 Å². The van der Waals surface area contributed by atoms with Gasteiger partial charge in [0.1, 0.15) is 54.2 Å². The molecule has 338 valence electrons. The van der Waals surface area contributed by atoms with Gasteiger partial charge in [0.15, 0.2) is 18.7 Å². The number of fused-ring (bicyclic) bond motifs is 2. The first kappa shape index (κ1) is 44.2. The molecule has 15 heteroatoms. The van der Waals surface area contributed by atoms with Gasteiger partial charge in [-0.25, -0.2) is 0 Å². The van der Waals surface area contributed by atoms with E-state index < -0.39 is 85.4 Å². The smallest absolute Gasteiger partial charge is 0.303 e. The maximum Gasteiger partial charge on any atom is 0.303 e. The van der Waals surface area contributed by atoms with Crippen LogP contribution in [0.25, 0.3) is 0 Å². The second-order valence-corrected chi connectivity index (χ2v) is 16.0. The SMILES string of the molecule is COc1ccc(O[C@@H]2O[C@H](COCc3ccccc3)[C@@H](O[C@@H]3O[C@@H]4COC(c5ccccc5)O[C@H]4[C@H](O)[C@@H]3OC(C)=O)[C@H](OCc3ccccc3)[C@H]2N2C(=O)c3ccccc3C2=O)cc1. The molecule has 4 aliphatic rings. The molecule has 0 aliphatic carbocycles. The molecule has 3 fully saturated rings. The molecule has 4 heterocycles. The van der Waals surface area contributed by atoms with Gasteiger partial charge in [-0.3, -0.25) is 19.3 Å². The molecule has 4 aliphatic heterocycles. The van der Waals surface area contributed by atoms with Crippen LogP contribution >= 0.6 is 0 Å². The fourth-order valence-electron chi connectivity index (χ4n) is 8.58. The summed E-state index contributed by atoms with van der Waals surface area (Å²) in [7, 11) is 1.55. The zero-order chi connectivity index (χ0) is 44.9. The lowest BCUT2D eigenvalue weighted by Gasteiger charge is -2.51. The van der Waals surface area contributed by atoms with Crippen molar-refractivity contribution in [1.29, 1.82) is 0 Å². The van der Waals surface area contributed by atoms with Crippen molar-refractivity contribution in [3.63, 3.8) is 0 Å². The number of esters is 1.